The topological polar surface area (TPSA) is 63.8 Å². The molecule has 19 heavy (non-hydrogen) atoms. The van der Waals surface area contributed by atoms with Crippen molar-refractivity contribution in [2.45, 2.75) is 58.8 Å². The summed E-state index contributed by atoms with van der Waals surface area (Å²) in [5.41, 5.74) is 6.21. The molecule has 1 aromatic heterocycles. The Hall–Kier alpha value is -1.03. The van der Waals surface area contributed by atoms with E-state index in [2.05, 4.69) is 43.0 Å². The lowest BCUT2D eigenvalue weighted by Gasteiger charge is -2.19. The summed E-state index contributed by atoms with van der Waals surface area (Å²) >= 11 is 6.07. The molecule has 1 rings (SSSR count). The van der Waals surface area contributed by atoms with Gasteiger partial charge in [-0.3, -0.25) is 0 Å². The lowest BCUT2D eigenvalue weighted by Crippen LogP contribution is -2.19. The van der Waals surface area contributed by atoms with Crippen LogP contribution >= 0.6 is 11.6 Å². The van der Waals surface area contributed by atoms with E-state index in [0.717, 1.165) is 13.0 Å². The molecule has 0 spiro atoms. The highest BCUT2D eigenvalue weighted by atomic mass is 35.5. The first kappa shape index (κ1) is 16.0. The third kappa shape index (κ3) is 4.86. The van der Waals surface area contributed by atoms with Crippen LogP contribution in [0.25, 0.3) is 0 Å². The Morgan fingerprint density at radius 1 is 1.16 bits per heavy atom. The first-order valence-electron chi connectivity index (χ1n) is 6.93. The summed E-state index contributed by atoms with van der Waals surface area (Å²) in [5, 5.41) is 3.59. The van der Waals surface area contributed by atoms with Crippen LogP contribution in [0.15, 0.2) is 0 Å². The molecule has 0 aromatic carbocycles. The molecule has 0 saturated carbocycles. The van der Waals surface area contributed by atoms with Gasteiger partial charge in [-0.25, -0.2) is 9.97 Å². The SMILES string of the molecule is CCCCCCNc1nc(C(C)(C)C)nc(Cl)c1N. The third-order valence-corrected chi connectivity index (χ3v) is 3.18. The second kappa shape index (κ2) is 6.94. The minimum Gasteiger partial charge on any atom is -0.393 e. The number of rotatable bonds is 6. The van der Waals surface area contributed by atoms with Crippen LogP contribution in [0, 0.1) is 0 Å². The Labute approximate surface area is 121 Å². The van der Waals surface area contributed by atoms with Crippen molar-refractivity contribution in [3.8, 4) is 0 Å². The van der Waals surface area contributed by atoms with Crippen LogP contribution in [0.5, 0.6) is 0 Å². The van der Waals surface area contributed by atoms with Gasteiger partial charge in [-0.05, 0) is 6.42 Å². The molecule has 0 saturated heterocycles. The third-order valence-electron chi connectivity index (χ3n) is 2.89. The summed E-state index contributed by atoms with van der Waals surface area (Å²) in [6.45, 7) is 9.23. The molecule has 0 bridgehead atoms. The van der Waals surface area contributed by atoms with E-state index in [-0.39, 0.29) is 5.41 Å². The van der Waals surface area contributed by atoms with Crippen LogP contribution in [0.1, 0.15) is 59.2 Å². The highest BCUT2D eigenvalue weighted by Crippen LogP contribution is 2.28. The maximum Gasteiger partial charge on any atom is 0.157 e. The van der Waals surface area contributed by atoms with Gasteiger partial charge in [0.05, 0.1) is 0 Å². The van der Waals surface area contributed by atoms with Crippen LogP contribution in [0.4, 0.5) is 11.5 Å². The molecule has 0 aliphatic rings. The molecule has 5 heteroatoms. The van der Waals surface area contributed by atoms with E-state index in [1.54, 1.807) is 0 Å². The van der Waals surface area contributed by atoms with Crippen LogP contribution < -0.4 is 11.1 Å². The highest BCUT2D eigenvalue weighted by Gasteiger charge is 2.20. The quantitative estimate of drug-likeness (QED) is 0.612. The maximum atomic E-state index is 6.07. The summed E-state index contributed by atoms with van der Waals surface area (Å²) in [4.78, 5) is 8.74. The smallest absolute Gasteiger partial charge is 0.157 e. The Balaban J connectivity index is 2.74. The Bertz CT molecular complexity index is 413. The molecule has 0 atom stereocenters. The molecular formula is C14H25ClN4. The summed E-state index contributed by atoms with van der Waals surface area (Å²) in [6.07, 6.45) is 4.82. The number of unbranched alkanes of at least 4 members (excludes halogenated alkanes) is 3. The molecular weight excluding hydrogens is 260 g/mol. The van der Waals surface area contributed by atoms with Gasteiger partial charge in [0, 0.05) is 12.0 Å². The Morgan fingerprint density at radius 2 is 1.84 bits per heavy atom. The number of aromatic nitrogens is 2. The van der Waals surface area contributed by atoms with Crippen LogP contribution in [0.3, 0.4) is 0 Å². The predicted octanol–water partition coefficient (Wildman–Crippen LogP) is 4.00. The summed E-state index contributed by atoms with van der Waals surface area (Å²) in [6, 6.07) is 0. The van der Waals surface area contributed by atoms with E-state index in [0.29, 0.717) is 22.5 Å². The van der Waals surface area contributed by atoms with Crippen molar-refractivity contribution in [1.82, 2.24) is 9.97 Å². The molecule has 0 aliphatic carbocycles. The van der Waals surface area contributed by atoms with E-state index < -0.39 is 0 Å². The second-order valence-corrected chi connectivity index (χ2v) is 6.20. The molecule has 4 nitrogen and oxygen atoms in total. The van der Waals surface area contributed by atoms with E-state index in [1.807, 2.05) is 0 Å². The molecule has 0 radical (unpaired) electrons. The van der Waals surface area contributed by atoms with Crippen molar-refractivity contribution >= 4 is 23.1 Å². The lowest BCUT2D eigenvalue weighted by atomic mass is 9.96. The molecule has 108 valence electrons. The van der Waals surface area contributed by atoms with Crippen molar-refractivity contribution in [2.24, 2.45) is 0 Å². The fourth-order valence-corrected chi connectivity index (χ4v) is 1.84. The van der Waals surface area contributed by atoms with Gasteiger partial charge in [0.2, 0.25) is 0 Å². The molecule has 1 heterocycles. The van der Waals surface area contributed by atoms with Crippen molar-refractivity contribution in [1.29, 1.82) is 0 Å². The number of halogens is 1. The normalized spacial score (nSPS) is 11.6. The second-order valence-electron chi connectivity index (χ2n) is 5.84. The number of nitrogens with one attached hydrogen (secondary N) is 1. The minimum absolute atomic E-state index is 0.143. The van der Waals surface area contributed by atoms with Gasteiger partial charge in [0.25, 0.3) is 0 Å². The zero-order chi connectivity index (χ0) is 14.5. The van der Waals surface area contributed by atoms with Crippen molar-refractivity contribution in [3.63, 3.8) is 0 Å². The number of hydrogen-bond donors (Lipinski definition) is 2. The van der Waals surface area contributed by atoms with Gasteiger partial charge >= 0.3 is 0 Å². The molecule has 3 N–H and O–H groups in total. The largest absolute Gasteiger partial charge is 0.393 e. The minimum atomic E-state index is -0.143. The van der Waals surface area contributed by atoms with Crippen molar-refractivity contribution in [3.05, 3.63) is 11.0 Å². The predicted molar refractivity (Wildman–Crippen MR) is 82.8 cm³/mol. The average molecular weight is 285 g/mol. The summed E-state index contributed by atoms with van der Waals surface area (Å²) < 4.78 is 0. The Kier molecular flexibility index (Phi) is 5.85. The average Bonchev–Trinajstić information content (AvgIpc) is 2.32. The van der Waals surface area contributed by atoms with E-state index in [4.69, 9.17) is 17.3 Å². The number of anilines is 2. The van der Waals surface area contributed by atoms with Gasteiger partial charge in [-0.2, -0.15) is 0 Å². The fraction of sp³-hybridized carbons (Fsp3) is 0.714. The molecule has 0 amide bonds. The van der Waals surface area contributed by atoms with Gasteiger partial charge in [0.1, 0.15) is 11.5 Å². The highest BCUT2D eigenvalue weighted by molar-refractivity contribution is 6.32. The lowest BCUT2D eigenvalue weighted by molar-refractivity contribution is 0.546. The van der Waals surface area contributed by atoms with E-state index >= 15 is 0 Å². The number of nitrogens with zero attached hydrogens (tertiary/aromatic N) is 2. The van der Waals surface area contributed by atoms with E-state index in [9.17, 15) is 0 Å². The summed E-state index contributed by atoms with van der Waals surface area (Å²) in [7, 11) is 0. The number of nitrogen functional groups attached to an aromatic ring is 1. The zero-order valence-corrected chi connectivity index (χ0v) is 13.1. The maximum absolute atomic E-state index is 6.07. The van der Waals surface area contributed by atoms with Gasteiger partial charge in [0.15, 0.2) is 11.0 Å². The molecule has 0 fully saturated rings. The molecule has 0 aliphatic heterocycles. The Morgan fingerprint density at radius 3 is 2.42 bits per heavy atom. The van der Waals surface area contributed by atoms with Crippen LogP contribution in [-0.4, -0.2) is 16.5 Å². The first-order chi connectivity index (χ1) is 8.86. The van der Waals surface area contributed by atoms with Crippen molar-refractivity contribution in [2.75, 3.05) is 17.6 Å². The number of hydrogen-bond acceptors (Lipinski definition) is 4. The van der Waals surface area contributed by atoms with Crippen LogP contribution in [0.2, 0.25) is 5.15 Å². The molecule has 1 aromatic rings. The number of nitrogens with two attached hydrogens (primary N) is 1. The van der Waals surface area contributed by atoms with E-state index in [1.165, 1.54) is 19.3 Å². The van der Waals surface area contributed by atoms with Crippen molar-refractivity contribution < 1.29 is 0 Å². The first-order valence-corrected chi connectivity index (χ1v) is 7.31. The monoisotopic (exact) mass is 284 g/mol. The summed E-state index contributed by atoms with van der Waals surface area (Å²) in [5.74, 6) is 1.36. The standard InChI is InChI=1S/C14H25ClN4/c1-5-6-7-8-9-17-12-10(16)11(15)18-13(19-12)14(2,3)4/h5-9,16H2,1-4H3,(H,17,18,19). The molecule has 0 unspecified atom stereocenters. The van der Waals surface area contributed by atoms with Gasteiger partial charge in [-0.15, -0.1) is 0 Å². The fourth-order valence-electron chi connectivity index (χ4n) is 1.67. The zero-order valence-electron chi connectivity index (χ0n) is 12.4. The van der Waals surface area contributed by atoms with Crippen LogP contribution in [-0.2, 0) is 5.41 Å². The van der Waals surface area contributed by atoms with Gasteiger partial charge < -0.3 is 11.1 Å². The van der Waals surface area contributed by atoms with Gasteiger partial charge in [-0.1, -0.05) is 58.6 Å².